The summed E-state index contributed by atoms with van der Waals surface area (Å²) in [5.41, 5.74) is 4.99. The first kappa shape index (κ1) is 14.7. The number of aryl methyl sites for hydroxylation is 2. The first-order chi connectivity index (χ1) is 10.1. The van der Waals surface area contributed by atoms with Crippen LogP contribution in [-0.4, -0.2) is 36.1 Å². The molecule has 0 radical (unpaired) electrons. The lowest BCUT2D eigenvalue weighted by atomic mass is 10.0. The molecule has 1 saturated heterocycles. The molecular weight excluding hydrogens is 278 g/mol. The van der Waals surface area contributed by atoms with Gasteiger partial charge in [-0.15, -0.1) is 11.3 Å². The van der Waals surface area contributed by atoms with Crippen molar-refractivity contribution < 1.29 is 0 Å². The third-order valence-corrected chi connectivity index (χ3v) is 5.25. The van der Waals surface area contributed by atoms with Gasteiger partial charge < -0.3 is 5.32 Å². The Morgan fingerprint density at radius 1 is 1.24 bits per heavy atom. The minimum Gasteiger partial charge on any atom is -0.314 e. The van der Waals surface area contributed by atoms with Crippen LogP contribution in [0.2, 0.25) is 0 Å². The highest BCUT2D eigenvalue weighted by atomic mass is 32.1. The first-order valence-corrected chi connectivity index (χ1v) is 8.51. The number of nitrogens with one attached hydrogen (secondary N) is 1. The quantitative estimate of drug-likeness (QED) is 0.942. The fourth-order valence-corrected chi connectivity index (χ4v) is 3.84. The Kier molecular flexibility index (Phi) is 4.38. The molecule has 2 heterocycles. The maximum atomic E-state index is 4.90. The van der Waals surface area contributed by atoms with E-state index in [-0.39, 0.29) is 0 Å². The zero-order chi connectivity index (χ0) is 14.8. The van der Waals surface area contributed by atoms with Crippen molar-refractivity contribution in [1.29, 1.82) is 0 Å². The van der Waals surface area contributed by atoms with Crippen molar-refractivity contribution in [3.63, 3.8) is 0 Å². The Morgan fingerprint density at radius 2 is 2.00 bits per heavy atom. The number of thiazole rings is 1. The van der Waals surface area contributed by atoms with Gasteiger partial charge in [-0.05, 0) is 26.3 Å². The number of piperazine rings is 1. The lowest BCUT2D eigenvalue weighted by Crippen LogP contribution is -2.44. The number of nitrogens with zero attached hydrogens (tertiary/aromatic N) is 2. The molecule has 3 nitrogen and oxygen atoms in total. The molecule has 1 aromatic carbocycles. The van der Waals surface area contributed by atoms with Gasteiger partial charge in [-0.2, -0.15) is 0 Å². The Balaban J connectivity index is 1.82. The van der Waals surface area contributed by atoms with E-state index >= 15 is 0 Å². The maximum absolute atomic E-state index is 4.90. The van der Waals surface area contributed by atoms with Crippen molar-refractivity contribution in [2.45, 2.75) is 26.8 Å². The number of hydrogen-bond acceptors (Lipinski definition) is 4. The largest absolute Gasteiger partial charge is 0.314 e. The average Bonchev–Trinajstić information content (AvgIpc) is 2.97. The highest BCUT2D eigenvalue weighted by molar-refractivity contribution is 7.10. The van der Waals surface area contributed by atoms with Crippen LogP contribution in [0.5, 0.6) is 0 Å². The molecule has 2 aromatic rings. The van der Waals surface area contributed by atoms with Crippen molar-refractivity contribution in [3.8, 4) is 11.3 Å². The van der Waals surface area contributed by atoms with Gasteiger partial charge in [0.1, 0.15) is 5.01 Å². The van der Waals surface area contributed by atoms with Crippen LogP contribution in [0.3, 0.4) is 0 Å². The van der Waals surface area contributed by atoms with Gasteiger partial charge in [0.2, 0.25) is 0 Å². The van der Waals surface area contributed by atoms with Gasteiger partial charge in [-0.3, -0.25) is 4.90 Å². The van der Waals surface area contributed by atoms with Gasteiger partial charge in [0.25, 0.3) is 0 Å². The fourth-order valence-electron chi connectivity index (χ4n) is 2.93. The van der Waals surface area contributed by atoms with E-state index in [0.717, 1.165) is 31.9 Å². The Morgan fingerprint density at radius 3 is 2.71 bits per heavy atom. The van der Waals surface area contributed by atoms with Gasteiger partial charge in [-0.25, -0.2) is 4.98 Å². The molecule has 0 bridgehead atoms. The third-order valence-electron chi connectivity index (χ3n) is 4.24. The molecule has 1 N–H and O–H groups in total. The second-order valence-corrected chi connectivity index (χ2v) is 6.74. The van der Waals surface area contributed by atoms with Gasteiger partial charge in [0.15, 0.2) is 0 Å². The summed E-state index contributed by atoms with van der Waals surface area (Å²) < 4.78 is 0. The zero-order valence-electron chi connectivity index (χ0n) is 13.0. The van der Waals surface area contributed by atoms with Crippen LogP contribution in [0, 0.1) is 13.8 Å². The minimum atomic E-state index is 0.414. The van der Waals surface area contributed by atoms with Crippen LogP contribution in [0.15, 0.2) is 23.6 Å². The summed E-state index contributed by atoms with van der Waals surface area (Å²) in [6.07, 6.45) is 0. The van der Waals surface area contributed by atoms with Gasteiger partial charge >= 0.3 is 0 Å². The molecule has 0 saturated carbocycles. The summed E-state index contributed by atoms with van der Waals surface area (Å²) in [5, 5.41) is 6.83. The van der Waals surface area contributed by atoms with E-state index in [1.165, 1.54) is 21.7 Å². The van der Waals surface area contributed by atoms with Crippen molar-refractivity contribution >= 4 is 11.3 Å². The Hall–Kier alpha value is -1.23. The number of hydrogen-bond donors (Lipinski definition) is 1. The third kappa shape index (κ3) is 3.18. The highest BCUT2D eigenvalue weighted by Crippen LogP contribution is 2.30. The van der Waals surface area contributed by atoms with Crippen LogP contribution in [0.4, 0.5) is 0 Å². The average molecular weight is 301 g/mol. The number of rotatable bonds is 3. The maximum Gasteiger partial charge on any atom is 0.110 e. The van der Waals surface area contributed by atoms with Crippen molar-refractivity contribution in [3.05, 3.63) is 39.7 Å². The molecule has 1 fully saturated rings. The standard InChI is InChI=1S/C17H23N3S/c1-12-4-5-15(13(2)10-12)16-11-21-17(19-16)14(3)20-8-6-18-7-9-20/h4-5,10-11,14,18H,6-9H2,1-3H3. The molecule has 1 aliphatic rings. The smallest absolute Gasteiger partial charge is 0.110 e. The van der Waals surface area contributed by atoms with Crippen molar-refractivity contribution in [1.82, 2.24) is 15.2 Å². The lowest BCUT2D eigenvalue weighted by molar-refractivity contribution is 0.185. The lowest BCUT2D eigenvalue weighted by Gasteiger charge is -2.31. The predicted octanol–water partition coefficient (Wildman–Crippen LogP) is 3.39. The normalized spacial score (nSPS) is 17.9. The summed E-state index contributed by atoms with van der Waals surface area (Å²) >= 11 is 1.79. The van der Waals surface area contributed by atoms with Crippen molar-refractivity contribution in [2.75, 3.05) is 26.2 Å². The molecule has 0 aliphatic carbocycles. The summed E-state index contributed by atoms with van der Waals surface area (Å²) in [7, 11) is 0. The van der Waals surface area contributed by atoms with Crippen molar-refractivity contribution in [2.24, 2.45) is 0 Å². The molecule has 1 aliphatic heterocycles. The van der Waals surface area contributed by atoms with E-state index in [0.29, 0.717) is 6.04 Å². The van der Waals surface area contributed by atoms with Gasteiger partial charge in [0.05, 0.1) is 11.7 Å². The topological polar surface area (TPSA) is 28.2 Å². The monoisotopic (exact) mass is 301 g/mol. The molecule has 1 aromatic heterocycles. The zero-order valence-corrected chi connectivity index (χ0v) is 13.8. The Labute approximate surface area is 131 Å². The summed E-state index contributed by atoms with van der Waals surface area (Å²) in [5.74, 6) is 0. The van der Waals surface area contributed by atoms with E-state index in [4.69, 9.17) is 4.98 Å². The fraction of sp³-hybridized carbons (Fsp3) is 0.471. The molecule has 1 unspecified atom stereocenters. The van der Waals surface area contributed by atoms with E-state index in [2.05, 4.69) is 54.6 Å². The molecular formula is C17H23N3S. The molecule has 3 rings (SSSR count). The van der Waals surface area contributed by atoms with Gasteiger partial charge in [-0.1, -0.05) is 23.8 Å². The predicted molar refractivity (Wildman–Crippen MR) is 89.9 cm³/mol. The van der Waals surface area contributed by atoms with Crippen LogP contribution >= 0.6 is 11.3 Å². The minimum absolute atomic E-state index is 0.414. The Bertz CT molecular complexity index is 614. The van der Waals surface area contributed by atoms with E-state index in [1.807, 2.05) is 0 Å². The summed E-state index contributed by atoms with van der Waals surface area (Å²) in [6.45, 7) is 11.0. The van der Waals surface area contributed by atoms with Crippen LogP contribution < -0.4 is 5.32 Å². The molecule has 21 heavy (non-hydrogen) atoms. The summed E-state index contributed by atoms with van der Waals surface area (Å²) in [6, 6.07) is 7.00. The SMILES string of the molecule is Cc1ccc(-c2csc(C(C)N3CCNCC3)n2)c(C)c1. The number of benzene rings is 1. The molecule has 112 valence electrons. The highest BCUT2D eigenvalue weighted by Gasteiger charge is 2.21. The van der Waals surface area contributed by atoms with Crippen LogP contribution in [-0.2, 0) is 0 Å². The second-order valence-electron chi connectivity index (χ2n) is 5.85. The number of aromatic nitrogens is 1. The summed E-state index contributed by atoms with van der Waals surface area (Å²) in [4.78, 5) is 7.42. The van der Waals surface area contributed by atoms with Crippen LogP contribution in [0.25, 0.3) is 11.3 Å². The van der Waals surface area contributed by atoms with E-state index in [9.17, 15) is 0 Å². The second kappa shape index (κ2) is 6.26. The molecule has 0 spiro atoms. The molecule has 1 atom stereocenters. The molecule has 4 heteroatoms. The van der Waals surface area contributed by atoms with Crippen LogP contribution in [0.1, 0.15) is 29.1 Å². The van der Waals surface area contributed by atoms with E-state index in [1.54, 1.807) is 11.3 Å². The van der Waals surface area contributed by atoms with Gasteiger partial charge in [0, 0.05) is 37.1 Å². The van der Waals surface area contributed by atoms with E-state index < -0.39 is 0 Å². The molecule has 0 amide bonds. The first-order valence-electron chi connectivity index (χ1n) is 7.63.